The first-order valence-corrected chi connectivity index (χ1v) is 6.92. The van der Waals surface area contributed by atoms with Crippen LogP contribution in [-0.2, 0) is 0 Å². The molecular weight excluding hydrogens is 194 g/mol. The number of nitrogens with one attached hydrogen (secondary N) is 1. The van der Waals surface area contributed by atoms with E-state index in [-0.39, 0.29) is 0 Å². The molecule has 2 aliphatic rings. The minimum Gasteiger partial charge on any atom is -0.307 e. The lowest BCUT2D eigenvalue weighted by atomic mass is 9.87. The van der Waals surface area contributed by atoms with E-state index in [0.717, 1.165) is 6.04 Å². The van der Waals surface area contributed by atoms with Crippen molar-refractivity contribution in [2.24, 2.45) is 5.92 Å². The average molecular weight is 219 g/mol. The van der Waals surface area contributed by atoms with E-state index in [1.165, 1.54) is 44.1 Å². The van der Waals surface area contributed by atoms with Crippen LogP contribution >= 0.6 is 0 Å². The molecule has 2 unspecified atom stereocenters. The molecule has 0 aliphatic heterocycles. The Kier molecular flexibility index (Phi) is 4.22. The fraction of sp³-hybridized carbons (Fsp3) is 0.733. The molecule has 90 valence electrons. The van der Waals surface area contributed by atoms with Gasteiger partial charge in [0.2, 0.25) is 0 Å². The second-order valence-electron chi connectivity index (χ2n) is 5.37. The van der Waals surface area contributed by atoms with Crippen LogP contribution in [0.2, 0.25) is 0 Å². The number of rotatable bonds is 3. The molecule has 0 bridgehead atoms. The van der Waals surface area contributed by atoms with Crippen LogP contribution < -0.4 is 5.32 Å². The van der Waals surface area contributed by atoms with E-state index in [9.17, 15) is 0 Å². The summed E-state index contributed by atoms with van der Waals surface area (Å²) in [5.41, 5.74) is 1.41. The van der Waals surface area contributed by atoms with Crippen LogP contribution in [0, 0.1) is 5.92 Å². The Labute approximate surface area is 100 Å². The summed E-state index contributed by atoms with van der Waals surface area (Å²) in [5, 5.41) is 3.86. The topological polar surface area (TPSA) is 12.0 Å². The SMILES string of the molecule is CCC1C=CC(C)=CC1NC1CCCCC1. The molecule has 16 heavy (non-hydrogen) atoms. The van der Waals surface area contributed by atoms with Crippen molar-refractivity contribution in [3.05, 3.63) is 23.8 Å². The fourth-order valence-electron chi connectivity index (χ4n) is 2.96. The Balaban J connectivity index is 1.93. The van der Waals surface area contributed by atoms with Gasteiger partial charge in [0.15, 0.2) is 0 Å². The largest absolute Gasteiger partial charge is 0.307 e. The molecule has 2 atom stereocenters. The van der Waals surface area contributed by atoms with Crippen LogP contribution in [0.25, 0.3) is 0 Å². The zero-order valence-corrected chi connectivity index (χ0v) is 10.7. The Morgan fingerprint density at radius 1 is 1.25 bits per heavy atom. The first kappa shape index (κ1) is 11.9. The van der Waals surface area contributed by atoms with Gasteiger partial charge in [0.1, 0.15) is 0 Å². The third kappa shape index (κ3) is 2.98. The van der Waals surface area contributed by atoms with Gasteiger partial charge in [-0.15, -0.1) is 0 Å². The van der Waals surface area contributed by atoms with Crippen molar-refractivity contribution in [2.75, 3.05) is 0 Å². The van der Waals surface area contributed by atoms with Gasteiger partial charge in [-0.05, 0) is 32.1 Å². The standard InChI is InChI=1S/C15H25N/c1-3-13-10-9-12(2)11-15(13)16-14-7-5-4-6-8-14/h9-11,13-16H,3-8H2,1-2H3. The molecule has 0 radical (unpaired) electrons. The lowest BCUT2D eigenvalue weighted by molar-refractivity contribution is 0.324. The van der Waals surface area contributed by atoms with Gasteiger partial charge in [-0.3, -0.25) is 0 Å². The molecule has 0 saturated heterocycles. The lowest BCUT2D eigenvalue weighted by Gasteiger charge is -2.32. The molecule has 2 aliphatic carbocycles. The zero-order valence-electron chi connectivity index (χ0n) is 10.7. The molecule has 1 fully saturated rings. The highest BCUT2D eigenvalue weighted by Crippen LogP contribution is 2.23. The molecule has 0 aromatic rings. The normalized spacial score (nSPS) is 31.5. The van der Waals surface area contributed by atoms with E-state index in [2.05, 4.69) is 37.4 Å². The maximum Gasteiger partial charge on any atom is 0.0321 e. The first-order chi connectivity index (χ1) is 7.79. The van der Waals surface area contributed by atoms with Gasteiger partial charge in [0, 0.05) is 12.1 Å². The highest BCUT2D eigenvalue weighted by Gasteiger charge is 2.22. The third-order valence-corrected chi connectivity index (χ3v) is 4.01. The molecule has 1 saturated carbocycles. The zero-order chi connectivity index (χ0) is 11.4. The van der Waals surface area contributed by atoms with Crippen molar-refractivity contribution in [3.8, 4) is 0 Å². The number of hydrogen-bond acceptors (Lipinski definition) is 1. The second-order valence-corrected chi connectivity index (χ2v) is 5.37. The van der Waals surface area contributed by atoms with Crippen molar-refractivity contribution in [2.45, 2.75) is 64.5 Å². The van der Waals surface area contributed by atoms with Gasteiger partial charge in [-0.1, -0.05) is 50.0 Å². The summed E-state index contributed by atoms with van der Waals surface area (Å²) in [4.78, 5) is 0. The summed E-state index contributed by atoms with van der Waals surface area (Å²) in [5.74, 6) is 0.700. The molecule has 2 rings (SSSR count). The maximum atomic E-state index is 3.86. The smallest absolute Gasteiger partial charge is 0.0321 e. The molecule has 1 nitrogen and oxygen atoms in total. The van der Waals surface area contributed by atoms with E-state index in [1.54, 1.807) is 0 Å². The molecule has 0 heterocycles. The minimum absolute atomic E-state index is 0.582. The van der Waals surface area contributed by atoms with Crippen molar-refractivity contribution in [3.63, 3.8) is 0 Å². The van der Waals surface area contributed by atoms with Gasteiger partial charge in [0.25, 0.3) is 0 Å². The van der Waals surface area contributed by atoms with E-state index >= 15 is 0 Å². The van der Waals surface area contributed by atoms with Crippen LogP contribution in [-0.4, -0.2) is 12.1 Å². The number of hydrogen-bond donors (Lipinski definition) is 1. The van der Waals surface area contributed by atoms with Crippen molar-refractivity contribution < 1.29 is 0 Å². The average Bonchev–Trinajstić information content (AvgIpc) is 2.31. The Morgan fingerprint density at radius 2 is 2.00 bits per heavy atom. The molecule has 0 aromatic heterocycles. The monoisotopic (exact) mass is 219 g/mol. The third-order valence-electron chi connectivity index (χ3n) is 4.01. The molecule has 0 spiro atoms. The number of allylic oxidation sites excluding steroid dienone is 2. The Bertz CT molecular complexity index is 271. The minimum atomic E-state index is 0.582. The predicted octanol–water partition coefficient (Wildman–Crippen LogP) is 3.82. The molecule has 1 heteroatoms. The van der Waals surface area contributed by atoms with Gasteiger partial charge in [0.05, 0.1) is 0 Å². The summed E-state index contributed by atoms with van der Waals surface area (Å²) >= 11 is 0. The van der Waals surface area contributed by atoms with Crippen LogP contribution in [0.15, 0.2) is 23.8 Å². The van der Waals surface area contributed by atoms with Crippen LogP contribution in [0.3, 0.4) is 0 Å². The Morgan fingerprint density at radius 3 is 2.69 bits per heavy atom. The predicted molar refractivity (Wildman–Crippen MR) is 70.5 cm³/mol. The summed E-state index contributed by atoms with van der Waals surface area (Å²) in [7, 11) is 0. The molecule has 0 aromatic carbocycles. The van der Waals surface area contributed by atoms with Crippen molar-refractivity contribution in [1.29, 1.82) is 0 Å². The van der Waals surface area contributed by atoms with Crippen molar-refractivity contribution >= 4 is 0 Å². The van der Waals surface area contributed by atoms with E-state index < -0.39 is 0 Å². The van der Waals surface area contributed by atoms with Gasteiger partial charge in [-0.2, -0.15) is 0 Å². The second kappa shape index (κ2) is 5.67. The summed E-state index contributed by atoms with van der Waals surface area (Å²) in [6, 6.07) is 1.35. The molecular formula is C15H25N. The molecule has 1 N–H and O–H groups in total. The van der Waals surface area contributed by atoms with Crippen LogP contribution in [0.5, 0.6) is 0 Å². The quantitative estimate of drug-likeness (QED) is 0.761. The van der Waals surface area contributed by atoms with Gasteiger partial charge < -0.3 is 5.32 Å². The van der Waals surface area contributed by atoms with E-state index in [0.29, 0.717) is 12.0 Å². The lowest BCUT2D eigenvalue weighted by Crippen LogP contribution is -2.42. The molecule has 0 amide bonds. The first-order valence-electron chi connectivity index (χ1n) is 6.92. The highest BCUT2D eigenvalue weighted by molar-refractivity contribution is 5.25. The fourth-order valence-corrected chi connectivity index (χ4v) is 2.96. The maximum absolute atomic E-state index is 3.86. The van der Waals surface area contributed by atoms with Crippen LogP contribution in [0.4, 0.5) is 0 Å². The van der Waals surface area contributed by atoms with Gasteiger partial charge in [-0.25, -0.2) is 0 Å². The van der Waals surface area contributed by atoms with E-state index in [4.69, 9.17) is 0 Å². The van der Waals surface area contributed by atoms with Gasteiger partial charge >= 0.3 is 0 Å². The summed E-state index contributed by atoms with van der Waals surface area (Å²) < 4.78 is 0. The summed E-state index contributed by atoms with van der Waals surface area (Å²) in [6.07, 6.45) is 15.3. The van der Waals surface area contributed by atoms with Crippen LogP contribution in [0.1, 0.15) is 52.4 Å². The van der Waals surface area contributed by atoms with Crippen molar-refractivity contribution in [1.82, 2.24) is 5.32 Å². The Hall–Kier alpha value is -0.560. The highest BCUT2D eigenvalue weighted by atomic mass is 15.0. The summed E-state index contributed by atoms with van der Waals surface area (Å²) in [6.45, 7) is 4.50. The van der Waals surface area contributed by atoms with E-state index in [1.807, 2.05) is 0 Å².